The van der Waals surface area contributed by atoms with Crippen molar-refractivity contribution < 1.29 is 0 Å². The van der Waals surface area contributed by atoms with Gasteiger partial charge in [-0.2, -0.15) is 5.10 Å². The van der Waals surface area contributed by atoms with Crippen LogP contribution in [0.2, 0.25) is 5.02 Å². The van der Waals surface area contributed by atoms with E-state index in [1.54, 1.807) is 17.1 Å². The lowest BCUT2D eigenvalue weighted by molar-refractivity contribution is 0.878. The quantitative estimate of drug-likeness (QED) is 0.751. The van der Waals surface area contributed by atoms with E-state index in [-0.39, 0.29) is 0 Å². The Morgan fingerprint density at radius 1 is 1.24 bits per heavy atom. The number of benzene rings is 1. The van der Waals surface area contributed by atoms with Gasteiger partial charge < -0.3 is 5.32 Å². The van der Waals surface area contributed by atoms with Gasteiger partial charge in [-0.3, -0.25) is 4.98 Å². The number of anilines is 1. The lowest BCUT2D eigenvalue weighted by Gasteiger charge is -2.12. The third kappa shape index (κ3) is 3.43. The van der Waals surface area contributed by atoms with E-state index in [1.165, 1.54) is 0 Å². The third-order valence-corrected chi connectivity index (χ3v) is 3.66. The zero-order chi connectivity index (χ0) is 14.7. The Kier molecular flexibility index (Phi) is 4.22. The molecule has 0 saturated heterocycles. The Morgan fingerprint density at radius 2 is 2.14 bits per heavy atom. The monoisotopic (exact) mass is 362 g/mol. The molecule has 4 nitrogen and oxygen atoms in total. The minimum absolute atomic E-state index is 0.613. The van der Waals surface area contributed by atoms with Gasteiger partial charge in [-0.1, -0.05) is 11.6 Å². The smallest absolute Gasteiger partial charge is 0.0877 e. The van der Waals surface area contributed by atoms with Crippen LogP contribution in [-0.4, -0.2) is 14.8 Å². The summed E-state index contributed by atoms with van der Waals surface area (Å²) in [4.78, 5) is 4.34. The normalized spacial score (nSPS) is 10.6. The van der Waals surface area contributed by atoms with Gasteiger partial charge in [-0.05, 0) is 52.3 Å². The molecule has 0 bridgehead atoms. The van der Waals surface area contributed by atoms with E-state index in [4.69, 9.17) is 11.6 Å². The summed E-state index contributed by atoms with van der Waals surface area (Å²) in [5, 5.41) is 8.29. The number of pyridine rings is 1. The molecule has 106 valence electrons. The van der Waals surface area contributed by atoms with E-state index in [0.717, 1.165) is 21.5 Å². The number of rotatable bonds is 4. The summed E-state index contributed by atoms with van der Waals surface area (Å²) in [6.07, 6.45) is 5.42. The fourth-order valence-corrected chi connectivity index (χ4v) is 2.36. The molecule has 1 aromatic carbocycles. The van der Waals surface area contributed by atoms with Crippen LogP contribution in [0.15, 0.2) is 59.5 Å². The molecule has 0 spiro atoms. The molecule has 0 fully saturated rings. The molecule has 3 aromatic rings. The van der Waals surface area contributed by atoms with E-state index in [1.807, 2.05) is 42.6 Å². The first-order valence-electron chi connectivity index (χ1n) is 6.36. The van der Waals surface area contributed by atoms with Gasteiger partial charge in [-0.15, -0.1) is 0 Å². The molecule has 0 saturated carbocycles. The standard InChI is InChI=1S/C15H12BrClN4/c16-11-2-4-13(18-9-11)10-19-14-8-12(17)3-5-15(14)21-7-1-6-20-21/h1-9,19H,10H2. The van der Waals surface area contributed by atoms with Crippen LogP contribution in [0.5, 0.6) is 0 Å². The summed E-state index contributed by atoms with van der Waals surface area (Å²) < 4.78 is 2.76. The minimum atomic E-state index is 0.613. The first kappa shape index (κ1) is 14.1. The van der Waals surface area contributed by atoms with Crippen LogP contribution >= 0.6 is 27.5 Å². The highest BCUT2D eigenvalue weighted by atomic mass is 79.9. The van der Waals surface area contributed by atoms with Crippen molar-refractivity contribution in [2.75, 3.05) is 5.32 Å². The summed E-state index contributed by atoms with van der Waals surface area (Å²) in [6.45, 7) is 0.613. The lowest BCUT2D eigenvalue weighted by atomic mass is 10.2. The predicted octanol–water partition coefficient (Wildman–Crippen LogP) is 4.30. The van der Waals surface area contributed by atoms with Crippen LogP contribution in [0.4, 0.5) is 5.69 Å². The van der Waals surface area contributed by atoms with E-state index in [2.05, 4.69) is 31.3 Å². The van der Waals surface area contributed by atoms with Crippen molar-refractivity contribution in [3.8, 4) is 5.69 Å². The second-order valence-corrected chi connectivity index (χ2v) is 5.79. The Morgan fingerprint density at radius 3 is 2.86 bits per heavy atom. The third-order valence-electron chi connectivity index (χ3n) is 2.96. The molecule has 0 aliphatic rings. The molecule has 3 rings (SSSR count). The Bertz CT molecular complexity index is 726. The average Bonchev–Trinajstić information content (AvgIpc) is 3.01. The van der Waals surface area contributed by atoms with Crippen molar-refractivity contribution in [1.82, 2.24) is 14.8 Å². The summed E-state index contributed by atoms with van der Waals surface area (Å²) in [5.41, 5.74) is 2.81. The molecule has 0 aliphatic carbocycles. The highest BCUT2D eigenvalue weighted by Crippen LogP contribution is 2.24. The lowest BCUT2D eigenvalue weighted by Crippen LogP contribution is -2.06. The van der Waals surface area contributed by atoms with Crippen LogP contribution < -0.4 is 5.32 Å². The van der Waals surface area contributed by atoms with Gasteiger partial charge in [0, 0.05) is 28.1 Å². The Balaban J connectivity index is 1.84. The Labute approximate surface area is 135 Å². The van der Waals surface area contributed by atoms with E-state index < -0.39 is 0 Å². The zero-order valence-corrected chi connectivity index (χ0v) is 13.3. The van der Waals surface area contributed by atoms with Crippen LogP contribution in [0, 0.1) is 0 Å². The number of nitrogens with one attached hydrogen (secondary N) is 1. The van der Waals surface area contributed by atoms with Crippen molar-refractivity contribution in [2.45, 2.75) is 6.54 Å². The van der Waals surface area contributed by atoms with E-state index >= 15 is 0 Å². The summed E-state index contributed by atoms with van der Waals surface area (Å²) in [7, 11) is 0. The van der Waals surface area contributed by atoms with Crippen LogP contribution in [-0.2, 0) is 6.54 Å². The first-order chi connectivity index (χ1) is 10.2. The van der Waals surface area contributed by atoms with Crippen LogP contribution in [0.3, 0.4) is 0 Å². The van der Waals surface area contributed by atoms with Crippen molar-refractivity contribution in [3.63, 3.8) is 0 Å². The Hall–Kier alpha value is -1.85. The molecule has 6 heteroatoms. The summed E-state index contributed by atoms with van der Waals surface area (Å²) in [5.74, 6) is 0. The maximum atomic E-state index is 6.09. The van der Waals surface area contributed by atoms with Gasteiger partial charge in [-0.25, -0.2) is 4.68 Å². The number of halogens is 2. The molecule has 0 amide bonds. The van der Waals surface area contributed by atoms with Crippen molar-refractivity contribution >= 4 is 33.2 Å². The van der Waals surface area contributed by atoms with Gasteiger partial charge in [0.05, 0.1) is 23.6 Å². The van der Waals surface area contributed by atoms with Gasteiger partial charge in [0.15, 0.2) is 0 Å². The van der Waals surface area contributed by atoms with Gasteiger partial charge in [0.1, 0.15) is 0 Å². The van der Waals surface area contributed by atoms with Crippen LogP contribution in [0.25, 0.3) is 5.69 Å². The molecule has 2 heterocycles. The van der Waals surface area contributed by atoms with Crippen molar-refractivity contribution in [3.05, 3.63) is 70.2 Å². The van der Waals surface area contributed by atoms with Gasteiger partial charge in [0.2, 0.25) is 0 Å². The maximum Gasteiger partial charge on any atom is 0.0877 e. The van der Waals surface area contributed by atoms with Gasteiger partial charge >= 0.3 is 0 Å². The summed E-state index contributed by atoms with van der Waals surface area (Å²) in [6, 6.07) is 11.5. The second-order valence-electron chi connectivity index (χ2n) is 4.43. The number of aromatic nitrogens is 3. The highest BCUT2D eigenvalue weighted by molar-refractivity contribution is 9.10. The number of hydrogen-bond acceptors (Lipinski definition) is 3. The first-order valence-corrected chi connectivity index (χ1v) is 7.53. The summed E-state index contributed by atoms with van der Waals surface area (Å²) >= 11 is 9.47. The zero-order valence-electron chi connectivity index (χ0n) is 11.0. The maximum absolute atomic E-state index is 6.09. The molecular formula is C15H12BrClN4. The van der Waals surface area contributed by atoms with Crippen molar-refractivity contribution in [2.24, 2.45) is 0 Å². The van der Waals surface area contributed by atoms with E-state index in [0.29, 0.717) is 11.6 Å². The molecular weight excluding hydrogens is 352 g/mol. The second kappa shape index (κ2) is 6.28. The number of hydrogen-bond donors (Lipinski definition) is 1. The van der Waals surface area contributed by atoms with Crippen LogP contribution in [0.1, 0.15) is 5.69 Å². The molecule has 0 radical (unpaired) electrons. The minimum Gasteiger partial charge on any atom is -0.378 e. The molecule has 0 atom stereocenters. The molecule has 1 N–H and O–H groups in total. The molecule has 0 unspecified atom stereocenters. The van der Waals surface area contributed by atoms with E-state index in [9.17, 15) is 0 Å². The molecule has 2 aromatic heterocycles. The largest absolute Gasteiger partial charge is 0.378 e. The highest BCUT2D eigenvalue weighted by Gasteiger charge is 2.06. The molecule has 21 heavy (non-hydrogen) atoms. The van der Waals surface area contributed by atoms with Gasteiger partial charge in [0.25, 0.3) is 0 Å². The predicted molar refractivity (Wildman–Crippen MR) is 87.8 cm³/mol. The topological polar surface area (TPSA) is 42.7 Å². The fourth-order valence-electron chi connectivity index (χ4n) is 1.96. The fraction of sp³-hybridized carbons (Fsp3) is 0.0667. The molecule has 0 aliphatic heterocycles. The SMILES string of the molecule is Clc1ccc(-n2cccn2)c(NCc2ccc(Br)cn2)c1. The average molecular weight is 364 g/mol. The van der Waals surface area contributed by atoms with Crippen molar-refractivity contribution in [1.29, 1.82) is 0 Å². The number of nitrogens with zero attached hydrogens (tertiary/aromatic N) is 3.